The highest BCUT2D eigenvalue weighted by Crippen LogP contribution is 2.52. The van der Waals surface area contributed by atoms with Gasteiger partial charge in [-0.3, -0.25) is 14.5 Å². The van der Waals surface area contributed by atoms with Crippen LogP contribution in [0.15, 0.2) is 59.2 Å². The van der Waals surface area contributed by atoms with Gasteiger partial charge in [0.25, 0.3) is 0 Å². The number of nitrogens with one attached hydrogen (secondary N) is 1. The lowest BCUT2D eigenvalue weighted by Gasteiger charge is -2.32. The lowest BCUT2D eigenvalue weighted by Crippen LogP contribution is -2.46. The zero-order valence-electron chi connectivity index (χ0n) is 15.2. The van der Waals surface area contributed by atoms with E-state index in [1.54, 1.807) is 15.8 Å². The van der Waals surface area contributed by atoms with Gasteiger partial charge in [0.1, 0.15) is 11.2 Å². The molecule has 1 N–H and O–H groups in total. The van der Waals surface area contributed by atoms with Crippen molar-refractivity contribution in [1.82, 2.24) is 9.78 Å². The van der Waals surface area contributed by atoms with Crippen molar-refractivity contribution in [3.8, 4) is 18.0 Å². The molecule has 0 fully saturated rings. The van der Waals surface area contributed by atoms with Crippen LogP contribution in [0.2, 0.25) is 0 Å². The number of benzene rings is 2. The summed E-state index contributed by atoms with van der Waals surface area (Å²) in [6.45, 7) is 0.148. The normalized spacial score (nSPS) is 19.7. The van der Waals surface area contributed by atoms with Crippen molar-refractivity contribution in [3.63, 3.8) is 0 Å². The summed E-state index contributed by atoms with van der Waals surface area (Å²) in [5.41, 5.74) is 1.86. The molecular formula is C22H15BrN4O2. The largest absolute Gasteiger partial charge is 0.310 e. The van der Waals surface area contributed by atoms with Crippen LogP contribution in [0.3, 0.4) is 0 Å². The predicted molar refractivity (Wildman–Crippen MR) is 113 cm³/mol. The van der Waals surface area contributed by atoms with Gasteiger partial charge in [-0.1, -0.05) is 40.0 Å². The Balaban J connectivity index is 1.75. The van der Waals surface area contributed by atoms with Crippen LogP contribution in [0.25, 0.3) is 5.69 Å². The highest BCUT2D eigenvalue weighted by atomic mass is 79.9. The molecule has 2 amide bonds. The SMILES string of the molecule is C#CCN1C(=O)[C@@]2(CC(=O)Nc3c2cnn3-c2ccc(Br)cc2)c2ccccc21. The molecule has 0 radical (unpaired) electrons. The molecule has 5 rings (SSSR count). The zero-order chi connectivity index (χ0) is 20.2. The Kier molecular flexibility index (Phi) is 3.86. The van der Waals surface area contributed by atoms with Crippen molar-refractivity contribution >= 4 is 39.2 Å². The molecule has 0 aliphatic carbocycles. The minimum Gasteiger partial charge on any atom is -0.310 e. The molecule has 3 heterocycles. The van der Waals surface area contributed by atoms with E-state index in [1.165, 1.54) is 0 Å². The first kappa shape index (κ1) is 17.7. The number of carbonyl (C=O) groups excluding carboxylic acids is 2. The van der Waals surface area contributed by atoms with Gasteiger partial charge in [0, 0.05) is 22.1 Å². The summed E-state index contributed by atoms with van der Waals surface area (Å²) < 4.78 is 2.59. The third-order valence-electron chi connectivity index (χ3n) is 5.50. The van der Waals surface area contributed by atoms with E-state index in [0.29, 0.717) is 11.4 Å². The van der Waals surface area contributed by atoms with Gasteiger partial charge in [0.05, 0.1) is 18.4 Å². The number of hydrogen-bond donors (Lipinski definition) is 1. The molecule has 2 aliphatic rings. The predicted octanol–water partition coefficient (Wildman–Crippen LogP) is 3.24. The minimum atomic E-state index is -1.13. The highest BCUT2D eigenvalue weighted by molar-refractivity contribution is 9.10. The fourth-order valence-electron chi connectivity index (χ4n) is 4.28. The number of hydrogen-bond acceptors (Lipinski definition) is 3. The van der Waals surface area contributed by atoms with Crippen molar-refractivity contribution < 1.29 is 9.59 Å². The molecule has 0 bridgehead atoms. The first-order valence-electron chi connectivity index (χ1n) is 9.05. The van der Waals surface area contributed by atoms with Gasteiger partial charge in [-0.2, -0.15) is 5.10 Å². The van der Waals surface area contributed by atoms with Gasteiger partial charge in [0.15, 0.2) is 0 Å². The summed E-state index contributed by atoms with van der Waals surface area (Å²) in [5, 5.41) is 7.41. The van der Waals surface area contributed by atoms with Gasteiger partial charge in [-0.25, -0.2) is 4.68 Å². The number of carbonyl (C=O) groups is 2. The average Bonchev–Trinajstić information content (AvgIpc) is 3.24. The molecule has 7 heteroatoms. The van der Waals surface area contributed by atoms with Crippen molar-refractivity contribution in [1.29, 1.82) is 0 Å². The molecule has 3 aromatic rings. The maximum atomic E-state index is 13.6. The zero-order valence-corrected chi connectivity index (χ0v) is 16.8. The Bertz CT molecular complexity index is 1210. The van der Waals surface area contributed by atoms with Crippen molar-refractivity contribution in [2.45, 2.75) is 11.8 Å². The van der Waals surface area contributed by atoms with E-state index in [-0.39, 0.29) is 24.8 Å². The lowest BCUT2D eigenvalue weighted by molar-refractivity contribution is -0.126. The summed E-state index contributed by atoms with van der Waals surface area (Å²) in [4.78, 5) is 28.0. The Morgan fingerprint density at radius 1 is 1.14 bits per heavy atom. The maximum Gasteiger partial charge on any atom is 0.243 e. The van der Waals surface area contributed by atoms with Crippen LogP contribution in [-0.4, -0.2) is 28.1 Å². The average molecular weight is 447 g/mol. The van der Waals surface area contributed by atoms with Crippen LogP contribution < -0.4 is 10.2 Å². The fraction of sp³-hybridized carbons (Fsp3) is 0.136. The molecule has 29 heavy (non-hydrogen) atoms. The molecule has 2 aliphatic heterocycles. The van der Waals surface area contributed by atoms with Gasteiger partial charge in [-0.15, -0.1) is 6.42 Å². The van der Waals surface area contributed by atoms with E-state index in [2.05, 4.69) is 32.3 Å². The molecule has 1 atom stereocenters. The number of nitrogens with zero attached hydrogens (tertiary/aromatic N) is 3. The second-order valence-electron chi connectivity index (χ2n) is 7.04. The second-order valence-corrected chi connectivity index (χ2v) is 7.95. The van der Waals surface area contributed by atoms with Gasteiger partial charge in [0.2, 0.25) is 11.8 Å². The minimum absolute atomic E-state index is 0.0168. The van der Waals surface area contributed by atoms with Crippen LogP contribution in [0, 0.1) is 12.3 Å². The van der Waals surface area contributed by atoms with E-state index >= 15 is 0 Å². The molecule has 0 unspecified atom stereocenters. The van der Waals surface area contributed by atoms with Crippen LogP contribution in [-0.2, 0) is 15.0 Å². The standard InChI is InChI=1S/C22H15BrN4O2/c1-2-11-26-18-6-4-3-5-16(18)22(21(26)29)12-19(28)25-20-17(22)13-24-27(20)15-9-7-14(23)8-10-15/h1,3-10,13H,11-12H2,(H,25,28)/t22-/m0/s1. The Hall–Kier alpha value is -3.37. The molecule has 142 valence electrons. The van der Waals surface area contributed by atoms with Crippen LogP contribution in [0.5, 0.6) is 0 Å². The van der Waals surface area contributed by atoms with E-state index in [0.717, 1.165) is 21.4 Å². The van der Waals surface area contributed by atoms with Crippen LogP contribution >= 0.6 is 15.9 Å². The van der Waals surface area contributed by atoms with Gasteiger partial charge >= 0.3 is 0 Å². The molecule has 0 saturated carbocycles. The third kappa shape index (κ3) is 2.39. The molecule has 0 saturated heterocycles. The van der Waals surface area contributed by atoms with Gasteiger partial charge < -0.3 is 5.32 Å². The number of aromatic nitrogens is 2. The van der Waals surface area contributed by atoms with Crippen LogP contribution in [0.1, 0.15) is 17.5 Å². The topological polar surface area (TPSA) is 67.2 Å². The van der Waals surface area contributed by atoms with Crippen LogP contribution in [0.4, 0.5) is 11.5 Å². The number of rotatable bonds is 2. The third-order valence-corrected chi connectivity index (χ3v) is 6.03. The Morgan fingerprint density at radius 2 is 1.90 bits per heavy atom. The summed E-state index contributed by atoms with van der Waals surface area (Å²) >= 11 is 3.42. The lowest BCUT2D eigenvalue weighted by atomic mass is 9.72. The summed E-state index contributed by atoms with van der Waals surface area (Å²) in [6.07, 6.45) is 7.20. The molecule has 1 spiro atoms. The molecule has 6 nitrogen and oxygen atoms in total. The number of para-hydroxylation sites is 1. The second kappa shape index (κ2) is 6.33. The number of amides is 2. The quantitative estimate of drug-likeness (QED) is 0.614. The molecule has 2 aromatic carbocycles. The summed E-state index contributed by atoms with van der Waals surface area (Å²) in [6, 6.07) is 15.1. The Morgan fingerprint density at radius 3 is 2.66 bits per heavy atom. The fourth-order valence-corrected chi connectivity index (χ4v) is 4.54. The van der Waals surface area contributed by atoms with E-state index in [4.69, 9.17) is 6.42 Å². The first-order valence-corrected chi connectivity index (χ1v) is 9.85. The first-order chi connectivity index (χ1) is 14.1. The summed E-state index contributed by atoms with van der Waals surface area (Å²) in [5.74, 6) is 2.64. The van der Waals surface area contributed by atoms with Crippen molar-refractivity contribution in [2.24, 2.45) is 0 Å². The van der Waals surface area contributed by atoms with E-state index < -0.39 is 5.41 Å². The molecular weight excluding hydrogens is 432 g/mol. The monoisotopic (exact) mass is 446 g/mol. The number of halogens is 1. The smallest absolute Gasteiger partial charge is 0.243 e. The number of fused-ring (bicyclic) bond motifs is 4. The number of anilines is 2. The van der Waals surface area contributed by atoms with E-state index in [9.17, 15) is 9.59 Å². The molecule has 1 aromatic heterocycles. The Labute approximate surface area is 175 Å². The summed E-state index contributed by atoms with van der Waals surface area (Å²) in [7, 11) is 0. The van der Waals surface area contributed by atoms with E-state index in [1.807, 2.05) is 48.5 Å². The van der Waals surface area contributed by atoms with Crippen molar-refractivity contribution in [3.05, 3.63) is 70.3 Å². The van der Waals surface area contributed by atoms with Gasteiger partial charge in [-0.05, 0) is 35.9 Å². The number of terminal acetylenes is 1. The van der Waals surface area contributed by atoms with Crippen molar-refractivity contribution in [2.75, 3.05) is 16.8 Å². The highest BCUT2D eigenvalue weighted by Gasteiger charge is 2.56. The maximum absolute atomic E-state index is 13.6.